The minimum absolute atomic E-state index is 0.00678. The lowest BCUT2D eigenvalue weighted by molar-refractivity contribution is -0.385. The summed E-state index contributed by atoms with van der Waals surface area (Å²) >= 11 is 0. The molecule has 1 atom stereocenters. The highest BCUT2D eigenvalue weighted by Crippen LogP contribution is 2.17. The summed E-state index contributed by atoms with van der Waals surface area (Å²) in [6.07, 6.45) is 1.23. The van der Waals surface area contributed by atoms with Crippen molar-refractivity contribution in [3.63, 3.8) is 0 Å². The van der Waals surface area contributed by atoms with Gasteiger partial charge >= 0.3 is 0 Å². The van der Waals surface area contributed by atoms with Crippen LogP contribution in [-0.4, -0.2) is 11.0 Å². The van der Waals surface area contributed by atoms with Crippen molar-refractivity contribution in [3.8, 4) is 0 Å². The molecule has 0 radical (unpaired) electrons. The van der Waals surface area contributed by atoms with Crippen LogP contribution < -0.4 is 5.73 Å². The van der Waals surface area contributed by atoms with Crippen LogP contribution in [0.4, 0.5) is 10.1 Å². The van der Waals surface area contributed by atoms with Crippen LogP contribution in [0, 0.1) is 15.9 Å². The van der Waals surface area contributed by atoms with Gasteiger partial charge in [0.05, 0.1) is 11.0 Å². The van der Waals surface area contributed by atoms with Crippen LogP contribution in [0.5, 0.6) is 0 Å². The van der Waals surface area contributed by atoms with E-state index in [1.165, 1.54) is 12.1 Å². The number of rotatable bonds is 4. The zero-order chi connectivity index (χ0) is 11.4. The molecule has 0 aliphatic carbocycles. The molecule has 0 heterocycles. The molecule has 0 aromatic heterocycles. The molecule has 0 spiro atoms. The van der Waals surface area contributed by atoms with Crippen LogP contribution >= 0.6 is 0 Å². The Morgan fingerprint density at radius 2 is 2.20 bits per heavy atom. The molecule has 0 amide bonds. The number of hydrogen-bond acceptors (Lipinski definition) is 3. The van der Waals surface area contributed by atoms with Gasteiger partial charge in [-0.15, -0.1) is 0 Å². The van der Waals surface area contributed by atoms with Crippen molar-refractivity contribution in [1.29, 1.82) is 0 Å². The van der Waals surface area contributed by atoms with E-state index in [0.29, 0.717) is 18.4 Å². The molecule has 15 heavy (non-hydrogen) atoms. The van der Waals surface area contributed by atoms with Gasteiger partial charge in [0, 0.05) is 12.1 Å². The molecule has 82 valence electrons. The number of hydrogen-bond donors (Lipinski definition) is 1. The van der Waals surface area contributed by atoms with Crippen LogP contribution in [0.25, 0.3) is 0 Å². The first kappa shape index (κ1) is 11.6. The summed E-state index contributed by atoms with van der Waals surface area (Å²) in [5, 5.41) is 10.5. The maximum Gasteiger partial charge on any atom is 0.272 e. The number of nitrogens with zero attached hydrogens (tertiary/aromatic N) is 1. The third-order valence-electron chi connectivity index (χ3n) is 2.04. The Kier molecular flexibility index (Phi) is 3.74. The summed E-state index contributed by atoms with van der Waals surface area (Å²) in [6.45, 7) is 1.84. The minimum Gasteiger partial charge on any atom is -0.328 e. The first-order valence-electron chi connectivity index (χ1n) is 4.68. The van der Waals surface area contributed by atoms with Gasteiger partial charge in [-0.05, 0) is 31.4 Å². The molecule has 5 heteroatoms. The smallest absolute Gasteiger partial charge is 0.272 e. The number of nitrogens with two attached hydrogens (primary N) is 1. The van der Waals surface area contributed by atoms with Crippen molar-refractivity contribution < 1.29 is 9.31 Å². The summed E-state index contributed by atoms with van der Waals surface area (Å²) in [5.41, 5.74) is 5.95. The fraction of sp³-hybridized carbons (Fsp3) is 0.400. The fourth-order valence-electron chi connectivity index (χ4n) is 1.28. The Hall–Kier alpha value is -1.49. The second kappa shape index (κ2) is 4.84. The molecule has 0 fully saturated rings. The lowest BCUT2D eigenvalue weighted by Gasteiger charge is -2.04. The largest absolute Gasteiger partial charge is 0.328 e. The van der Waals surface area contributed by atoms with Gasteiger partial charge in [0.15, 0.2) is 0 Å². The molecular formula is C10H13FN2O2. The highest BCUT2D eigenvalue weighted by atomic mass is 19.1. The minimum atomic E-state index is -0.599. The number of non-ortho nitro benzene ring substituents is 1. The van der Waals surface area contributed by atoms with Gasteiger partial charge in [0.2, 0.25) is 0 Å². The zero-order valence-corrected chi connectivity index (χ0v) is 8.44. The van der Waals surface area contributed by atoms with E-state index in [1.807, 2.05) is 6.92 Å². The average molecular weight is 212 g/mol. The van der Waals surface area contributed by atoms with Crippen LogP contribution in [0.3, 0.4) is 0 Å². The van der Waals surface area contributed by atoms with Gasteiger partial charge in [-0.25, -0.2) is 4.39 Å². The Morgan fingerprint density at radius 1 is 1.53 bits per heavy atom. The van der Waals surface area contributed by atoms with Crippen LogP contribution in [0.15, 0.2) is 18.2 Å². The maximum absolute atomic E-state index is 13.0. The highest BCUT2D eigenvalue weighted by molar-refractivity contribution is 5.35. The van der Waals surface area contributed by atoms with Gasteiger partial charge < -0.3 is 5.73 Å². The number of aryl methyl sites for hydroxylation is 1. The molecule has 1 unspecified atom stereocenters. The number of benzene rings is 1. The molecule has 1 rings (SSSR count). The molecule has 0 aliphatic rings. The quantitative estimate of drug-likeness (QED) is 0.613. The predicted molar refractivity (Wildman–Crippen MR) is 55.0 cm³/mol. The normalized spacial score (nSPS) is 12.5. The SMILES string of the molecule is CC(N)CCc1cc(F)cc([N+](=O)[O-])c1. The van der Waals surface area contributed by atoms with Crippen molar-refractivity contribution >= 4 is 5.69 Å². The molecule has 2 N–H and O–H groups in total. The van der Waals surface area contributed by atoms with Crippen molar-refractivity contribution in [1.82, 2.24) is 0 Å². The van der Waals surface area contributed by atoms with E-state index in [0.717, 1.165) is 6.07 Å². The van der Waals surface area contributed by atoms with Gasteiger partial charge in [-0.2, -0.15) is 0 Å². The van der Waals surface area contributed by atoms with Crippen molar-refractivity contribution in [3.05, 3.63) is 39.7 Å². The summed E-state index contributed by atoms with van der Waals surface area (Å²) < 4.78 is 13.0. The fourth-order valence-corrected chi connectivity index (χ4v) is 1.28. The standard InChI is InChI=1S/C10H13FN2O2/c1-7(12)2-3-8-4-9(11)6-10(5-8)13(14)15/h4-7H,2-3,12H2,1H3. The summed E-state index contributed by atoms with van der Waals surface area (Å²) in [7, 11) is 0. The lowest BCUT2D eigenvalue weighted by atomic mass is 10.1. The van der Waals surface area contributed by atoms with E-state index in [1.54, 1.807) is 0 Å². The number of nitro groups is 1. The third kappa shape index (κ3) is 3.63. The predicted octanol–water partition coefficient (Wildman–Crippen LogP) is 2.01. The Balaban J connectivity index is 2.84. The average Bonchev–Trinajstić information content (AvgIpc) is 2.13. The van der Waals surface area contributed by atoms with Crippen molar-refractivity contribution in [2.75, 3.05) is 0 Å². The Labute approximate surface area is 87.0 Å². The van der Waals surface area contributed by atoms with Gasteiger partial charge in [-0.1, -0.05) is 0 Å². The molecule has 0 saturated heterocycles. The molecular weight excluding hydrogens is 199 g/mol. The van der Waals surface area contributed by atoms with Crippen molar-refractivity contribution in [2.45, 2.75) is 25.8 Å². The van der Waals surface area contributed by atoms with Crippen LogP contribution in [0.2, 0.25) is 0 Å². The molecule has 1 aromatic carbocycles. The summed E-state index contributed by atoms with van der Waals surface area (Å²) in [6, 6.07) is 3.60. The maximum atomic E-state index is 13.0. The second-order valence-electron chi connectivity index (χ2n) is 3.59. The summed E-state index contributed by atoms with van der Waals surface area (Å²) in [4.78, 5) is 9.86. The molecule has 4 nitrogen and oxygen atoms in total. The zero-order valence-electron chi connectivity index (χ0n) is 8.44. The highest BCUT2D eigenvalue weighted by Gasteiger charge is 2.09. The Bertz CT molecular complexity index is 366. The monoisotopic (exact) mass is 212 g/mol. The van der Waals surface area contributed by atoms with Gasteiger partial charge in [0.25, 0.3) is 5.69 Å². The first-order chi connectivity index (χ1) is 6.99. The summed E-state index contributed by atoms with van der Waals surface area (Å²) in [5.74, 6) is -0.580. The van der Waals surface area contributed by atoms with E-state index < -0.39 is 10.7 Å². The molecule has 1 aromatic rings. The van der Waals surface area contributed by atoms with Crippen molar-refractivity contribution in [2.24, 2.45) is 5.73 Å². The number of halogens is 1. The molecule has 0 saturated carbocycles. The topological polar surface area (TPSA) is 69.2 Å². The van der Waals surface area contributed by atoms with Crippen LogP contribution in [-0.2, 0) is 6.42 Å². The number of nitro benzene ring substituents is 1. The van der Waals surface area contributed by atoms with E-state index in [4.69, 9.17) is 5.73 Å². The lowest BCUT2D eigenvalue weighted by Crippen LogP contribution is -2.15. The van der Waals surface area contributed by atoms with E-state index in [2.05, 4.69) is 0 Å². The van der Waals surface area contributed by atoms with Crippen LogP contribution in [0.1, 0.15) is 18.9 Å². The van der Waals surface area contributed by atoms with E-state index in [-0.39, 0.29) is 11.7 Å². The molecule has 0 bridgehead atoms. The van der Waals surface area contributed by atoms with E-state index >= 15 is 0 Å². The second-order valence-corrected chi connectivity index (χ2v) is 3.59. The van der Waals surface area contributed by atoms with E-state index in [9.17, 15) is 14.5 Å². The third-order valence-corrected chi connectivity index (χ3v) is 2.04. The molecule has 0 aliphatic heterocycles. The first-order valence-corrected chi connectivity index (χ1v) is 4.68. The van der Waals surface area contributed by atoms with Gasteiger partial charge in [0.1, 0.15) is 5.82 Å². The van der Waals surface area contributed by atoms with Gasteiger partial charge in [-0.3, -0.25) is 10.1 Å². The Morgan fingerprint density at radius 3 is 2.73 bits per heavy atom.